The highest BCUT2D eigenvalue weighted by Crippen LogP contribution is 2.20. The summed E-state index contributed by atoms with van der Waals surface area (Å²) in [5.41, 5.74) is 2.33. The van der Waals surface area contributed by atoms with Crippen molar-refractivity contribution < 1.29 is 14.0 Å². The van der Waals surface area contributed by atoms with E-state index in [-0.39, 0.29) is 17.5 Å². The minimum atomic E-state index is -0.480. The molecule has 0 aliphatic carbocycles. The van der Waals surface area contributed by atoms with Gasteiger partial charge in [-0.25, -0.2) is 4.39 Å². The van der Waals surface area contributed by atoms with Crippen molar-refractivity contribution in [2.24, 2.45) is 0 Å². The minimum Gasteiger partial charge on any atom is -0.340 e. The number of halogens is 2. The lowest BCUT2D eigenvalue weighted by Gasteiger charge is -2.37. The minimum absolute atomic E-state index is 0.105. The van der Waals surface area contributed by atoms with Crippen LogP contribution in [0.2, 0.25) is 0 Å². The molecule has 1 N–H and O–H groups in total. The van der Waals surface area contributed by atoms with Gasteiger partial charge in [-0.2, -0.15) is 0 Å². The molecule has 1 atom stereocenters. The summed E-state index contributed by atoms with van der Waals surface area (Å²) in [4.78, 5) is 29.0. The number of nitrogens with zero attached hydrogens (tertiary/aromatic N) is 2. The number of hydrogen-bond donors (Lipinski definition) is 1. The molecule has 2 amide bonds. The Kier molecular flexibility index (Phi) is 7.03. The molecule has 2 aromatic rings. The molecule has 0 bridgehead atoms. The Bertz CT molecular complexity index is 897. The Balaban J connectivity index is 1.52. The maximum Gasteiger partial charge on any atom is 0.241 e. The molecule has 1 unspecified atom stereocenters. The van der Waals surface area contributed by atoms with E-state index in [1.54, 1.807) is 13.0 Å². The average Bonchev–Trinajstić information content (AvgIpc) is 2.71. The molecule has 1 aliphatic heterocycles. The quantitative estimate of drug-likeness (QED) is 0.739. The summed E-state index contributed by atoms with van der Waals surface area (Å²) in [7, 11) is 0. The summed E-state index contributed by atoms with van der Waals surface area (Å²) in [5.74, 6) is -0.634. The van der Waals surface area contributed by atoms with Crippen molar-refractivity contribution in [2.45, 2.75) is 26.3 Å². The van der Waals surface area contributed by atoms with Gasteiger partial charge in [0.05, 0.1) is 18.2 Å². The number of amides is 2. The second-order valence-corrected chi connectivity index (χ2v) is 8.23. The molecule has 154 valence electrons. The number of carbonyl (C=O) groups is 2. The third-order valence-electron chi connectivity index (χ3n) is 5.39. The van der Waals surface area contributed by atoms with Crippen molar-refractivity contribution in [2.75, 3.05) is 31.5 Å². The molecular weight excluding hydrogens is 437 g/mol. The van der Waals surface area contributed by atoms with Crippen molar-refractivity contribution >= 4 is 33.4 Å². The first-order valence-electron chi connectivity index (χ1n) is 9.67. The van der Waals surface area contributed by atoms with E-state index in [0.717, 1.165) is 11.1 Å². The highest BCUT2D eigenvalue weighted by molar-refractivity contribution is 9.10. The molecule has 1 fully saturated rings. The number of nitrogens with one attached hydrogen (secondary N) is 1. The molecule has 0 radical (unpaired) electrons. The number of hydrogen-bond acceptors (Lipinski definition) is 3. The largest absolute Gasteiger partial charge is 0.340 e. The molecule has 0 saturated carbocycles. The molecule has 0 aromatic heterocycles. The highest BCUT2D eigenvalue weighted by Gasteiger charge is 2.28. The fourth-order valence-electron chi connectivity index (χ4n) is 3.44. The summed E-state index contributed by atoms with van der Waals surface area (Å²) < 4.78 is 14.6. The second kappa shape index (κ2) is 9.50. The van der Waals surface area contributed by atoms with E-state index < -0.39 is 11.9 Å². The zero-order chi connectivity index (χ0) is 21.0. The van der Waals surface area contributed by atoms with Crippen molar-refractivity contribution in [1.82, 2.24) is 9.80 Å². The smallest absolute Gasteiger partial charge is 0.241 e. The normalized spacial score (nSPS) is 15.8. The fourth-order valence-corrected chi connectivity index (χ4v) is 3.77. The molecule has 1 heterocycles. The van der Waals surface area contributed by atoms with Crippen LogP contribution in [0.5, 0.6) is 0 Å². The molecule has 1 aliphatic rings. The lowest BCUT2D eigenvalue weighted by Crippen LogP contribution is -2.54. The van der Waals surface area contributed by atoms with E-state index >= 15 is 0 Å². The number of benzene rings is 2. The van der Waals surface area contributed by atoms with Crippen LogP contribution in [0, 0.1) is 12.7 Å². The van der Waals surface area contributed by atoms with Gasteiger partial charge < -0.3 is 10.2 Å². The SMILES string of the molecule is Cc1ccccc1CC(=O)N1CCN(C(C)C(=O)Nc2ccc(Br)cc2F)CC1. The maximum atomic E-state index is 14.0. The fraction of sp³-hybridized carbons (Fsp3) is 0.364. The molecular formula is C22H25BrFN3O2. The zero-order valence-electron chi connectivity index (χ0n) is 16.6. The van der Waals surface area contributed by atoms with Crippen LogP contribution in [0.4, 0.5) is 10.1 Å². The van der Waals surface area contributed by atoms with Crippen LogP contribution in [0.3, 0.4) is 0 Å². The van der Waals surface area contributed by atoms with Crippen LogP contribution in [-0.4, -0.2) is 53.8 Å². The summed E-state index contributed by atoms with van der Waals surface area (Å²) in [6, 6.07) is 12.0. The van der Waals surface area contributed by atoms with Gasteiger partial charge in [0.25, 0.3) is 0 Å². The molecule has 3 rings (SSSR count). The van der Waals surface area contributed by atoms with Gasteiger partial charge in [-0.3, -0.25) is 14.5 Å². The number of aryl methyl sites for hydroxylation is 1. The molecule has 1 saturated heterocycles. The van der Waals surface area contributed by atoms with E-state index in [4.69, 9.17) is 0 Å². The third kappa shape index (κ3) is 5.42. The lowest BCUT2D eigenvalue weighted by molar-refractivity contribution is -0.133. The summed E-state index contributed by atoms with van der Waals surface area (Å²) in [5, 5.41) is 2.65. The molecule has 7 heteroatoms. The average molecular weight is 462 g/mol. The number of carbonyl (C=O) groups excluding carboxylic acids is 2. The third-order valence-corrected chi connectivity index (χ3v) is 5.88. The van der Waals surface area contributed by atoms with Gasteiger partial charge in [-0.05, 0) is 43.2 Å². The molecule has 29 heavy (non-hydrogen) atoms. The van der Waals surface area contributed by atoms with Gasteiger partial charge in [-0.15, -0.1) is 0 Å². The Morgan fingerprint density at radius 1 is 1.14 bits per heavy atom. The van der Waals surface area contributed by atoms with Crippen LogP contribution in [-0.2, 0) is 16.0 Å². The first-order chi connectivity index (χ1) is 13.8. The lowest BCUT2D eigenvalue weighted by atomic mass is 10.0. The maximum absolute atomic E-state index is 14.0. The van der Waals surface area contributed by atoms with E-state index in [1.165, 1.54) is 12.1 Å². The summed E-state index contributed by atoms with van der Waals surface area (Å²) >= 11 is 3.20. The Morgan fingerprint density at radius 2 is 1.83 bits per heavy atom. The van der Waals surface area contributed by atoms with E-state index in [0.29, 0.717) is 37.1 Å². The standard InChI is InChI=1S/C22H25BrFN3O2/c1-15-5-3-4-6-17(15)13-21(28)27-11-9-26(10-12-27)16(2)22(29)25-20-8-7-18(23)14-19(20)24/h3-8,14,16H,9-13H2,1-2H3,(H,25,29). The summed E-state index contributed by atoms with van der Waals surface area (Å²) in [6.45, 7) is 6.18. The van der Waals surface area contributed by atoms with Crippen molar-refractivity contribution in [3.05, 3.63) is 63.9 Å². The van der Waals surface area contributed by atoms with Crippen molar-refractivity contribution in [3.8, 4) is 0 Å². The van der Waals surface area contributed by atoms with Gasteiger partial charge >= 0.3 is 0 Å². The Morgan fingerprint density at radius 3 is 2.48 bits per heavy atom. The van der Waals surface area contributed by atoms with Crippen molar-refractivity contribution in [3.63, 3.8) is 0 Å². The number of piperazine rings is 1. The van der Waals surface area contributed by atoms with E-state index in [2.05, 4.69) is 21.2 Å². The first kappa shape index (κ1) is 21.5. The highest BCUT2D eigenvalue weighted by atomic mass is 79.9. The summed E-state index contributed by atoms with van der Waals surface area (Å²) in [6.07, 6.45) is 0.394. The van der Waals surface area contributed by atoms with Gasteiger partial charge in [0.15, 0.2) is 0 Å². The van der Waals surface area contributed by atoms with Crippen molar-refractivity contribution in [1.29, 1.82) is 0 Å². The first-order valence-corrected chi connectivity index (χ1v) is 10.5. The monoisotopic (exact) mass is 461 g/mol. The molecule has 0 spiro atoms. The van der Waals surface area contributed by atoms with Crippen LogP contribution in [0.25, 0.3) is 0 Å². The Labute approximate surface area is 179 Å². The topological polar surface area (TPSA) is 52.7 Å². The predicted octanol–water partition coefficient (Wildman–Crippen LogP) is 3.61. The second-order valence-electron chi connectivity index (χ2n) is 7.31. The number of anilines is 1. The van der Waals surface area contributed by atoms with E-state index in [1.807, 2.05) is 41.0 Å². The van der Waals surface area contributed by atoms with Crippen LogP contribution in [0.1, 0.15) is 18.1 Å². The van der Waals surface area contributed by atoms with Crippen LogP contribution < -0.4 is 5.32 Å². The molecule has 5 nitrogen and oxygen atoms in total. The van der Waals surface area contributed by atoms with Gasteiger partial charge in [-0.1, -0.05) is 40.2 Å². The predicted molar refractivity (Wildman–Crippen MR) is 115 cm³/mol. The van der Waals surface area contributed by atoms with Gasteiger partial charge in [0.2, 0.25) is 11.8 Å². The zero-order valence-corrected chi connectivity index (χ0v) is 18.2. The van der Waals surface area contributed by atoms with Crippen LogP contribution >= 0.6 is 15.9 Å². The number of rotatable bonds is 5. The molecule has 2 aromatic carbocycles. The van der Waals surface area contributed by atoms with Gasteiger partial charge in [0, 0.05) is 30.7 Å². The van der Waals surface area contributed by atoms with Gasteiger partial charge in [0.1, 0.15) is 5.82 Å². The van der Waals surface area contributed by atoms with E-state index in [9.17, 15) is 14.0 Å². The Hall–Kier alpha value is -2.25. The van der Waals surface area contributed by atoms with Crippen LogP contribution in [0.15, 0.2) is 46.9 Å².